The fourth-order valence-corrected chi connectivity index (χ4v) is 9.40. The molecule has 6 rings (SSSR count). The number of aliphatic hydroxyl groups excluding tert-OH is 3. The Labute approximate surface area is 383 Å². The molecular formula is C48H59ClFN3O12. The van der Waals surface area contributed by atoms with Crippen LogP contribution in [0.3, 0.4) is 0 Å². The Balaban J connectivity index is 1.55. The molecule has 0 aromatic heterocycles. The number of nitro groups is 1. The number of oxime groups is 1. The van der Waals surface area contributed by atoms with E-state index >= 15 is 0 Å². The van der Waals surface area contributed by atoms with E-state index in [9.17, 15) is 34.6 Å². The monoisotopic (exact) mass is 923 g/mol. The van der Waals surface area contributed by atoms with Crippen LogP contribution in [0.1, 0.15) is 67.6 Å². The summed E-state index contributed by atoms with van der Waals surface area (Å²) in [5.74, 6) is -2.17. The van der Waals surface area contributed by atoms with Crippen molar-refractivity contribution >= 4 is 29.1 Å². The lowest BCUT2D eigenvalue weighted by Gasteiger charge is -2.59. The predicted molar refractivity (Wildman–Crippen MR) is 240 cm³/mol. The number of hydrogen-bond acceptors (Lipinski definition) is 13. The average molecular weight is 924 g/mol. The van der Waals surface area contributed by atoms with Crippen LogP contribution in [-0.4, -0.2) is 107 Å². The van der Waals surface area contributed by atoms with Crippen LogP contribution in [0, 0.1) is 33.7 Å². The highest BCUT2D eigenvalue weighted by molar-refractivity contribution is 6.18. The molecule has 1 amide bonds. The Morgan fingerprint density at radius 2 is 1.77 bits per heavy atom. The molecule has 1 aliphatic heterocycles. The molecule has 65 heavy (non-hydrogen) atoms. The largest absolute Gasteiger partial charge is 0.489 e. The molecule has 3 aromatic carbocycles. The van der Waals surface area contributed by atoms with Gasteiger partial charge in [0.2, 0.25) is 5.79 Å². The summed E-state index contributed by atoms with van der Waals surface area (Å²) in [4.78, 5) is 32.8. The highest BCUT2D eigenvalue weighted by Crippen LogP contribution is 2.62. The third kappa shape index (κ3) is 12.0. The molecule has 3 N–H and O–H groups in total. The number of fused-ring (bicyclic) bond motifs is 2. The average Bonchev–Trinajstić information content (AvgIpc) is 3.31. The van der Waals surface area contributed by atoms with Crippen LogP contribution in [0.15, 0.2) is 96.2 Å². The second-order valence-electron chi connectivity index (χ2n) is 16.2. The second-order valence-corrected chi connectivity index (χ2v) is 16.6. The molecule has 0 radical (unpaired) electrons. The summed E-state index contributed by atoms with van der Waals surface area (Å²) in [5, 5.41) is 45.5. The number of non-ortho nitro benzene ring substituents is 1. The van der Waals surface area contributed by atoms with Gasteiger partial charge in [-0.25, -0.2) is 9.18 Å². The predicted octanol–water partition coefficient (Wildman–Crippen LogP) is 7.83. The Kier molecular flexibility index (Phi) is 18.5. The van der Waals surface area contributed by atoms with Crippen LogP contribution in [0.2, 0.25) is 0 Å². The molecule has 17 heteroatoms. The molecule has 0 spiro atoms. The molecule has 6 unspecified atom stereocenters. The number of halogens is 2. The number of ether oxygens (including phenoxy) is 5. The van der Waals surface area contributed by atoms with Gasteiger partial charge in [-0.1, -0.05) is 48.3 Å². The van der Waals surface area contributed by atoms with E-state index in [0.717, 1.165) is 24.0 Å². The van der Waals surface area contributed by atoms with Crippen LogP contribution in [0.25, 0.3) is 0 Å². The lowest BCUT2D eigenvalue weighted by molar-refractivity contribution is -0.384. The maximum Gasteiger partial charge on any atom is 0.410 e. The van der Waals surface area contributed by atoms with Crippen molar-refractivity contribution in [1.29, 1.82) is 0 Å². The topological polar surface area (TPSA) is 192 Å². The van der Waals surface area contributed by atoms with Gasteiger partial charge in [-0.05, 0) is 85.1 Å². The third-order valence-electron chi connectivity index (χ3n) is 12.2. The minimum Gasteiger partial charge on any atom is -0.489 e. The number of nitro benzene ring substituents is 1. The normalized spacial score (nSPS) is 22.5. The summed E-state index contributed by atoms with van der Waals surface area (Å²) < 4.78 is 46.6. The number of amides is 1. The zero-order valence-electron chi connectivity index (χ0n) is 36.4. The van der Waals surface area contributed by atoms with Crippen molar-refractivity contribution < 1.29 is 57.9 Å². The number of rotatable bonds is 26. The van der Waals surface area contributed by atoms with Gasteiger partial charge < -0.3 is 43.8 Å². The number of nitrogens with zero attached hydrogens (tertiary/aromatic N) is 3. The van der Waals surface area contributed by atoms with Gasteiger partial charge in [0.1, 0.15) is 43.2 Å². The SMILES string of the molecule is C=CCOC12Oc3ccc(OCc4ccccc4F)cc3C3C(CCCCO)C(CCCCO)C=C(C(=NOCc4ccc([N+](=O)[O-])cc4)CC1N(CCOCCO)C(=O)OCCCl)C32. The van der Waals surface area contributed by atoms with Gasteiger partial charge in [-0.3, -0.25) is 15.0 Å². The van der Waals surface area contributed by atoms with E-state index in [2.05, 4.69) is 12.7 Å². The molecule has 3 aromatic rings. The molecule has 15 nitrogen and oxygen atoms in total. The van der Waals surface area contributed by atoms with Crippen LogP contribution in [-0.2, 0) is 32.3 Å². The van der Waals surface area contributed by atoms with Gasteiger partial charge in [-0.15, -0.1) is 18.2 Å². The number of alkyl halides is 1. The fourth-order valence-electron chi connectivity index (χ4n) is 9.33. The molecule has 352 valence electrons. The first-order valence-electron chi connectivity index (χ1n) is 22.2. The first-order chi connectivity index (χ1) is 31.7. The fraction of sp³-hybridized carbons (Fsp3) is 0.500. The number of carbonyl (C=O) groups excluding carboxylic acids is 1. The van der Waals surface area contributed by atoms with Gasteiger partial charge in [0.25, 0.3) is 5.69 Å². The first-order valence-corrected chi connectivity index (χ1v) is 22.7. The molecule has 6 atom stereocenters. The maximum atomic E-state index is 14.8. The molecule has 1 saturated carbocycles. The van der Waals surface area contributed by atoms with E-state index in [1.54, 1.807) is 48.5 Å². The molecule has 0 bridgehead atoms. The number of allylic oxidation sites excluding steroid dienone is 1. The van der Waals surface area contributed by atoms with Crippen molar-refractivity contribution in [2.45, 2.75) is 75.9 Å². The Morgan fingerprint density at radius 1 is 1.00 bits per heavy atom. The number of carbonyl (C=O) groups is 1. The van der Waals surface area contributed by atoms with Crippen molar-refractivity contribution in [1.82, 2.24) is 4.90 Å². The summed E-state index contributed by atoms with van der Waals surface area (Å²) in [6, 6.07) is 16.9. The van der Waals surface area contributed by atoms with E-state index in [1.807, 2.05) is 6.07 Å². The lowest BCUT2D eigenvalue weighted by Crippen LogP contribution is -2.70. The van der Waals surface area contributed by atoms with E-state index in [-0.39, 0.29) is 108 Å². The van der Waals surface area contributed by atoms with Crippen molar-refractivity contribution in [3.05, 3.63) is 124 Å². The van der Waals surface area contributed by atoms with Crippen molar-refractivity contribution in [3.8, 4) is 11.5 Å². The highest BCUT2D eigenvalue weighted by Gasteiger charge is 2.65. The summed E-state index contributed by atoms with van der Waals surface area (Å²) >= 11 is 6.03. The van der Waals surface area contributed by atoms with Crippen molar-refractivity contribution in [2.75, 3.05) is 58.7 Å². The lowest BCUT2D eigenvalue weighted by atomic mass is 9.55. The Bertz CT molecular complexity index is 2110. The first kappa shape index (κ1) is 49.3. The molecule has 1 fully saturated rings. The van der Waals surface area contributed by atoms with Gasteiger partial charge in [0.05, 0.1) is 48.9 Å². The van der Waals surface area contributed by atoms with Crippen LogP contribution in [0.4, 0.5) is 14.9 Å². The maximum absolute atomic E-state index is 14.8. The summed E-state index contributed by atoms with van der Waals surface area (Å²) in [6.07, 6.45) is 7.16. The minimum atomic E-state index is -1.60. The Hall–Kier alpha value is -5.10. The number of unbranched alkanes of at least 4 members (excludes halogenated alkanes) is 2. The van der Waals surface area contributed by atoms with Gasteiger partial charge in [0.15, 0.2) is 0 Å². The quantitative estimate of drug-likeness (QED) is 0.0233. The van der Waals surface area contributed by atoms with Crippen LogP contribution in [0.5, 0.6) is 11.5 Å². The van der Waals surface area contributed by atoms with Crippen molar-refractivity contribution in [3.63, 3.8) is 0 Å². The molecule has 3 aliphatic rings. The summed E-state index contributed by atoms with van der Waals surface area (Å²) in [6.45, 7) is 3.75. The van der Waals surface area contributed by atoms with Gasteiger partial charge in [-0.2, -0.15) is 0 Å². The van der Waals surface area contributed by atoms with Gasteiger partial charge >= 0.3 is 6.09 Å². The van der Waals surface area contributed by atoms with Crippen LogP contribution < -0.4 is 9.47 Å². The van der Waals surface area contributed by atoms with Crippen LogP contribution >= 0.6 is 11.6 Å². The summed E-state index contributed by atoms with van der Waals surface area (Å²) in [7, 11) is 0. The minimum absolute atomic E-state index is 0.00110. The third-order valence-corrected chi connectivity index (χ3v) is 12.3. The number of hydrogen-bond donors (Lipinski definition) is 3. The zero-order valence-corrected chi connectivity index (χ0v) is 37.2. The van der Waals surface area contributed by atoms with E-state index in [1.165, 1.54) is 23.1 Å². The van der Waals surface area contributed by atoms with Crippen molar-refractivity contribution in [2.24, 2.45) is 22.9 Å². The Morgan fingerprint density at radius 3 is 2.48 bits per heavy atom. The van der Waals surface area contributed by atoms with Gasteiger partial charge in [0, 0.05) is 55.4 Å². The molecular weight excluding hydrogens is 865 g/mol. The van der Waals surface area contributed by atoms with E-state index < -0.39 is 28.8 Å². The molecule has 0 saturated heterocycles. The summed E-state index contributed by atoms with van der Waals surface area (Å²) in [5.41, 5.74) is 3.06. The molecule has 2 aliphatic carbocycles. The highest BCUT2D eigenvalue weighted by atomic mass is 35.5. The van der Waals surface area contributed by atoms with E-state index in [4.69, 9.17) is 45.3 Å². The standard InChI is InChI=1S/C48H59ClFN3O12/c1-2-24-63-48-44(52(20-26-60-27-23-56)47(57)61-25-19-49)30-42(51-64-31-33-13-15-36(16-14-33)53(58)59)39-28-34(9-5-7-21-54)38(11-6-8-22-55)45(46(39)48)40-29-37(17-18-43(40)65-48)62-32-35-10-3-4-12-41(35)50/h2-4,10,12-18,28-29,34,38,44-46,54-56H,1,5-9,11,19-27,30-32H2. The zero-order chi connectivity index (χ0) is 46.2. The van der Waals surface area contributed by atoms with E-state index in [0.29, 0.717) is 54.0 Å². The number of benzene rings is 3. The second kappa shape index (κ2) is 24.4. The number of aliphatic hydroxyl groups is 3. The smallest absolute Gasteiger partial charge is 0.410 e. The molecule has 1 heterocycles.